The largest absolute Gasteiger partial charge is 0.326 e. The molecule has 3 amide bonds. The average Bonchev–Trinajstić information content (AvgIpc) is 2.74. The molecular formula is C13H15N5O2. The van der Waals surface area contributed by atoms with Gasteiger partial charge in [0, 0.05) is 31.4 Å². The highest BCUT2D eigenvalue weighted by Gasteiger charge is 2.06. The van der Waals surface area contributed by atoms with Gasteiger partial charge < -0.3 is 10.6 Å². The lowest BCUT2D eigenvalue weighted by Gasteiger charge is -2.09. The van der Waals surface area contributed by atoms with E-state index in [9.17, 15) is 9.59 Å². The van der Waals surface area contributed by atoms with Gasteiger partial charge in [0.25, 0.3) is 0 Å². The summed E-state index contributed by atoms with van der Waals surface area (Å²) in [4.78, 5) is 22.8. The number of benzene rings is 1. The van der Waals surface area contributed by atoms with Crippen LogP contribution in [0.4, 0.5) is 22.0 Å². The van der Waals surface area contributed by atoms with Crippen molar-refractivity contribution >= 4 is 29.1 Å². The van der Waals surface area contributed by atoms with Crippen molar-refractivity contribution in [1.82, 2.24) is 9.78 Å². The van der Waals surface area contributed by atoms with Crippen molar-refractivity contribution in [3.05, 3.63) is 36.5 Å². The molecule has 0 aliphatic rings. The Balaban J connectivity index is 2.01. The monoisotopic (exact) mass is 273 g/mol. The number of carbonyl (C=O) groups is 2. The molecule has 0 saturated heterocycles. The minimum Gasteiger partial charge on any atom is -0.326 e. The van der Waals surface area contributed by atoms with Crippen LogP contribution in [-0.4, -0.2) is 21.7 Å². The summed E-state index contributed by atoms with van der Waals surface area (Å²) < 4.78 is 1.55. The van der Waals surface area contributed by atoms with Gasteiger partial charge in [-0.05, 0) is 18.2 Å². The molecule has 3 N–H and O–H groups in total. The standard InChI is InChI=1S/C13H15N5O2/c1-9(19)15-10-4-3-5-11(8-10)16-13(20)17-12-6-7-14-18(12)2/h3-8H,1-2H3,(H,15,19)(H2,16,17,20). The van der Waals surface area contributed by atoms with E-state index in [1.54, 1.807) is 48.3 Å². The summed E-state index contributed by atoms with van der Waals surface area (Å²) in [6, 6.07) is 8.19. The summed E-state index contributed by atoms with van der Waals surface area (Å²) in [6.45, 7) is 1.43. The lowest BCUT2D eigenvalue weighted by atomic mass is 10.3. The number of aromatic nitrogens is 2. The molecule has 104 valence electrons. The second-order valence-electron chi connectivity index (χ2n) is 4.18. The van der Waals surface area contributed by atoms with E-state index in [1.807, 2.05) is 0 Å². The summed E-state index contributed by atoms with van der Waals surface area (Å²) in [6.07, 6.45) is 1.59. The van der Waals surface area contributed by atoms with Gasteiger partial charge >= 0.3 is 6.03 Å². The van der Waals surface area contributed by atoms with Gasteiger partial charge in [-0.25, -0.2) is 4.79 Å². The van der Waals surface area contributed by atoms with Gasteiger partial charge in [-0.15, -0.1) is 0 Å². The van der Waals surface area contributed by atoms with E-state index in [2.05, 4.69) is 21.0 Å². The number of aryl methyl sites for hydroxylation is 1. The highest BCUT2D eigenvalue weighted by atomic mass is 16.2. The topological polar surface area (TPSA) is 88.1 Å². The molecule has 0 bridgehead atoms. The fraction of sp³-hybridized carbons (Fsp3) is 0.154. The van der Waals surface area contributed by atoms with Gasteiger partial charge in [-0.1, -0.05) is 6.07 Å². The van der Waals surface area contributed by atoms with Crippen LogP contribution in [-0.2, 0) is 11.8 Å². The SMILES string of the molecule is CC(=O)Nc1cccc(NC(=O)Nc2ccnn2C)c1. The van der Waals surface area contributed by atoms with E-state index in [-0.39, 0.29) is 11.9 Å². The number of carbonyl (C=O) groups excluding carboxylic acids is 2. The number of rotatable bonds is 3. The van der Waals surface area contributed by atoms with Crippen LogP contribution >= 0.6 is 0 Å². The smallest absolute Gasteiger partial charge is 0.324 e. The van der Waals surface area contributed by atoms with Crippen LogP contribution in [0.5, 0.6) is 0 Å². The zero-order valence-corrected chi connectivity index (χ0v) is 11.2. The van der Waals surface area contributed by atoms with Crippen LogP contribution in [0.25, 0.3) is 0 Å². The Labute approximate surface area is 116 Å². The van der Waals surface area contributed by atoms with Crippen LogP contribution < -0.4 is 16.0 Å². The van der Waals surface area contributed by atoms with Crippen LogP contribution in [0.3, 0.4) is 0 Å². The third-order valence-corrected chi connectivity index (χ3v) is 2.50. The number of nitrogens with zero attached hydrogens (tertiary/aromatic N) is 2. The first-order valence-corrected chi connectivity index (χ1v) is 5.98. The van der Waals surface area contributed by atoms with Crippen molar-refractivity contribution < 1.29 is 9.59 Å². The van der Waals surface area contributed by atoms with Gasteiger partial charge in [-0.2, -0.15) is 5.10 Å². The van der Waals surface area contributed by atoms with E-state index >= 15 is 0 Å². The lowest BCUT2D eigenvalue weighted by molar-refractivity contribution is -0.114. The van der Waals surface area contributed by atoms with Crippen molar-refractivity contribution in [3.8, 4) is 0 Å². The highest BCUT2D eigenvalue weighted by Crippen LogP contribution is 2.15. The Morgan fingerprint density at radius 2 is 1.80 bits per heavy atom. The molecule has 0 saturated carbocycles. The van der Waals surface area contributed by atoms with Crippen LogP contribution in [0.15, 0.2) is 36.5 Å². The molecule has 0 aliphatic carbocycles. The van der Waals surface area contributed by atoms with E-state index in [1.165, 1.54) is 6.92 Å². The predicted molar refractivity (Wildman–Crippen MR) is 76.6 cm³/mol. The molecule has 0 fully saturated rings. The molecule has 1 aromatic heterocycles. The van der Waals surface area contributed by atoms with Crippen molar-refractivity contribution in [3.63, 3.8) is 0 Å². The molecule has 2 rings (SSSR count). The number of amides is 3. The van der Waals surface area contributed by atoms with Crippen LogP contribution in [0.1, 0.15) is 6.92 Å². The molecule has 0 atom stereocenters. The maximum Gasteiger partial charge on any atom is 0.324 e. The first kappa shape index (κ1) is 13.6. The predicted octanol–water partition coefficient (Wildman–Crippen LogP) is 2.02. The first-order chi connectivity index (χ1) is 9.54. The molecule has 2 aromatic rings. The number of hydrogen-bond acceptors (Lipinski definition) is 3. The molecule has 0 unspecified atom stereocenters. The van der Waals surface area contributed by atoms with Gasteiger partial charge in [-0.3, -0.25) is 14.8 Å². The van der Waals surface area contributed by atoms with Gasteiger partial charge in [0.05, 0.1) is 6.20 Å². The molecule has 1 aromatic carbocycles. The van der Waals surface area contributed by atoms with Crippen molar-refractivity contribution in [2.75, 3.05) is 16.0 Å². The Hall–Kier alpha value is -2.83. The zero-order valence-electron chi connectivity index (χ0n) is 11.2. The normalized spacial score (nSPS) is 9.90. The number of urea groups is 1. The fourth-order valence-electron chi connectivity index (χ4n) is 1.65. The van der Waals surface area contributed by atoms with E-state index in [4.69, 9.17) is 0 Å². The second kappa shape index (κ2) is 5.87. The molecule has 7 heteroatoms. The van der Waals surface area contributed by atoms with Crippen molar-refractivity contribution in [2.45, 2.75) is 6.92 Å². The zero-order chi connectivity index (χ0) is 14.5. The number of hydrogen-bond donors (Lipinski definition) is 3. The van der Waals surface area contributed by atoms with Crippen molar-refractivity contribution in [1.29, 1.82) is 0 Å². The quantitative estimate of drug-likeness (QED) is 0.799. The van der Waals surface area contributed by atoms with Crippen LogP contribution in [0, 0.1) is 0 Å². The molecule has 0 radical (unpaired) electrons. The van der Waals surface area contributed by atoms with E-state index in [0.29, 0.717) is 17.2 Å². The Bertz CT molecular complexity index is 635. The maximum atomic E-state index is 11.8. The number of nitrogens with one attached hydrogen (secondary N) is 3. The molecule has 0 spiro atoms. The average molecular weight is 273 g/mol. The summed E-state index contributed by atoms with van der Waals surface area (Å²) in [5.74, 6) is 0.419. The lowest BCUT2D eigenvalue weighted by Crippen LogP contribution is -2.21. The summed E-state index contributed by atoms with van der Waals surface area (Å²) >= 11 is 0. The minimum absolute atomic E-state index is 0.165. The summed E-state index contributed by atoms with van der Waals surface area (Å²) in [7, 11) is 1.73. The Morgan fingerprint density at radius 1 is 1.10 bits per heavy atom. The molecule has 20 heavy (non-hydrogen) atoms. The summed E-state index contributed by atoms with van der Waals surface area (Å²) in [5, 5.41) is 11.9. The first-order valence-electron chi connectivity index (χ1n) is 5.98. The molecular weight excluding hydrogens is 258 g/mol. The third-order valence-electron chi connectivity index (χ3n) is 2.50. The van der Waals surface area contributed by atoms with Gasteiger partial charge in [0.1, 0.15) is 5.82 Å². The summed E-state index contributed by atoms with van der Waals surface area (Å²) in [5.41, 5.74) is 1.20. The van der Waals surface area contributed by atoms with Gasteiger partial charge in [0.15, 0.2) is 0 Å². The Morgan fingerprint density at radius 3 is 2.40 bits per heavy atom. The fourth-order valence-corrected chi connectivity index (χ4v) is 1.65. The minimum atomic E-state index is -0.381. The maximum absolute atomic E-state index is 11.8. The van der Waals surface area contributed by atoms with E-state index in [0.717, 1.165) is 0 Å². The molecule has 0 aliphatic heterocycles. The van der Waals surface area contributed by atoms with E-state index < -0.39 is 0 Å². The molecule has 7 nitrogen and oxygen atoms in total. The highest BCUT2D eigenvalue weighted by molar-refractivity contribution is 5.99. The van der Waals surface area contributed by atoms with Gasteiger partial charge in [0.2, 0.25) is 5.91 Å². The van der Waals surface area contributed by atoms with Crippen molar-refractivity contribution in [2.24, 2.45) is 7.05 Å². The van der Waals surface area contributed by atoms with Crippen LogP contribution in [0.2, 0.25) is 0 Å². The molecule has 1 heterocycles. The Kier molecular flexibility index (Phi) is 3.99. The second-order valence-corrected chi connectivity index (χ2v) is 4.18. The third kappa shape index (κ3) is 3.58. The number of anilines is 3.